The number of hydrogen-bond donors (Lipinski definition) is 1. The quantitative estimate of drug-likeness (QED) is 0.627. The third-order valence-corrected chi connectivity index (χ3v) is 5.68. The minimum absolute atomic E-state index is 0.103. The molecule has 0 aliphatic rings. The molecule has 0 aliphatic carbocycles. The van der Waals surface area contributed by atoms with E-state index in [2.05, 4.69) is 12.2 Å². The smallest absolute Gasteiger partial charge is 0.223 e. The van der Waals surface area contributed by atoms with E-state index in [1.54, 1.807) is 0 Å². The Morgan fingerprint density at radius 2 is 1.81 bits per heavy atom. The lowest BCUT2D eigenvalue weighted by Gasteiger charge is -2.20. The van der Waals surface area contributed by atoms with Crippen molar-refractivity contribution in [2.75, 3.05) is 25.6 Å². The van der Waals surface area contributed by atoms with Crippen molar-refractivity contribution in [3.8, 4) is 0 Å². The molecule has 0 aliphatic heterocycles. The van der Waals surface area contributed by atoms with Crippen molar-refractivity contribution < 1.29 is 16.8 Å². The molecule has 0 saturated carbocycles. The van der Waals surface area contributed by atoms with Crippen molar-refractivity contribution in [3.05, 3.63) is 0 Å². The van der Waals surface area contributed by atoms with Gasteiger partial charge < -0.3 is 5.73 Å². The van der Waals surface area contributed by atoms with E-state index in [9.17, 15) is 16.8 Å². The number of hydrogen-bond acceptors (Lipinski definition) is 5. The van der Waals surface area contributed by atoms with Gasteiger partial charge in [0, 0.05) is 19.8 Å². The van der Waals surface area contributed by atoms with Gasteiger partial charge in [-0.3, -0.25) is 0 Å². The molecule has 0 rings (SSSR count). The second-order valence-electron chi connectivity index (χ2n) is 3.54. The number of thiocarbonyl (C=S) groups is 1. The van der Waals surface area contributed by atoms with Gasteiger partial charge in [-0.15, -0.1) is 0 Å². The summed E-state index contributed by atoms with van der Waals surface area (Å²) >= 11 is 4.60. The minimum Gasteiger partial charge on any atom is -0.392 e. The minimum atomic E-state index is -3.66. The summed E-state index contributed by atoms with van der Waals surface area (Å²) < 4.78 is 46.2. The zero-order valence-corrected chi connectivity index (χ0v) is 11.8. The summed E-state index contributed by atoms with van der Waals surface area (Å²) in [5.74, 6) is -0.229. The first-order valence-electron chi connectivity index (χ1n) is 4.40. The average molecular weight is 288 g/mol. The summed E-state index contributed by atoms with van der Waals surface area (Å²) in [4.78, 5) is -0.133. The number of nitrogens with zero attached hydrogens (tertiary/aromatic N) is 1. The van der Waals surface area contributed by atoms with Crippen LogP contribution in [0, 0.1) is 0 Å². The van der Waals surface area contributed by atoms with Gasteiger partial charge in [0.15, 0.2) is 0 Å². The molecule has 0 heterocycles. The molecule has 1 unspecified atom stereocenters. The molecular formula is C7H16N2O4S3. The van der Waals surface area contributed by atoms with Gasteiger partial charge in [0.25, 0.3) is 0 Å². The van der Waals surface area contributed by atoms with Gasteiger partial charge in [-0.25, -0.2) is 21.1 Å². The highest BCUT2D eigenvalue weighted by molar-refractivity contribution is 7.93. The zero-order valence-electron chi connectivity index (χ0n) is 9.37. The predicted molar refractivity (Wildman–Crippen MR) is 67.5 cm³/mol. The largest absolute Gasteiger partial charge is 0.392 e. The Bertz CT molecular complexity index is 454. The molecule has 1 atom stereocenters. The monoisotopic (exact) mass is 288 g/mol. The Hall–Kier alpha value is -0.250. The van der Waals surface area contributed by atoms with Crippen LogP contribution in [0.2, 0.25) is 0 Å². The molecule has 0 aromatic heterocycles. The van der Waals surface area contributed by atoms with Crippen molar-refractivity contribution in [1.29, 1.82) is 0 Å². The molecular weight excluding hydrogens is 272 g/mol. The van der Waals surface area contributed by atoms with Gasteiger partial charge in [-0.2, -0.15) is 0 Å². The molecule has 16 heavy (non-hydrogen) atoms. The fourth-order valence-electron chi connectivity index (χ4n) is 0.838. The maximum atomic E-state index is 11.8. The van der Waals surface area contributed by atoms with E-state index in [1.807, 2.05) is 0 Å². The van der Waals surface area contributed by atoms with Crippen LogP contribution in [0.25, 0.3) is 0 Å². The van der Waals surface area contributed by atoms with Gasteiger partial charge in [0.2, 0.25) is 10.0 Å². The van der Waals surface area contributed by atoms with E-state index < -0.39 is 25.1 Å². The summed E-state index contributed by atoms with van der Waals surface area (Å²) in [6, 6.07) is 0. The molecule has 0 bridgehead atoms. The number of rotatable bonds is 6. The van der Waals surface area contributed by atoms with E-state index in [-0.39, 0.29) is 17.3 Å². The number of sulfonamides is 1. The van der Waals surface area contributed by atoms with Gasteiger partial charge in [-0.05, 0) is 6.92 Å². The van der Waals surface area contributed by atoms with Gasteiger partial charge in [0.05, 0.1) is 10.7 Å². The van der Waals surface area contributed by atoms with E-state index in [0.717, 1.165) is 10.6 Å². The Balaban J connectivity index is 4.73. The third kappa shape index (κ3) is 4.73. The van der Waals surface area contributed by atoms with Crippen LogP contribution in [-0.4, -0.2) is 57.0 Å². The Morgan fingerprint density at radius 3 is 2.12 bits per heavy atom. The van der Waals surface area contributed by atoms with E-state index in [0.29, 0.717) is 0 Å². The number of sulfone groups is 1. The molecule has 9 heteroatoms. The van der Waals surface area contributed by atoms with Crippen LogP contribution in [0.4, 0.5) is 0 Å². The lowest BCUT2D eigenvalue weighted by molar-refractivity contribution is 0.482. The van der Waals surface area contributed by atoms with E-state index in [4.69, 9.17) is 5.73 Å². The number of nitrogens with two attached hydrogens (primary N) is 1. The van der Waals surface area contributed by atoms with Crippen molar-refractivity contribution in [3.63, 3.8) is 0 Å². The first-order valence-corrected chi connectivity index (χ1v) is 8.38. The van der Waals surface area contributed by atoms with Crippen LogP contribution in [0.1, 0.15) is 6.92 Å². The summed E-state index contributed by atoms with van der Waals surface area (Å²) in [5, 5.41) is -0.993. The lowest BCUT2D eigenvalue weighted by atomic mass is 10.5. The fraction of sp³-hybridized carbons (Fsp3) is 0.857. The Morgan fingerprint density at radius 1 is 1.38 bits per heavy atom. The zero-order chi connectivity index (χ0) is 13.1. The van der Waals surface area contributed by atoms with E-state index in [1.165, 1.54) is 14.0 Å². The van der Waals surface area contributed by atoms with Crippen molar-refractivity contribution in [2.24, 2.45) is 5.73 Å². The second kappa shape index (κ2) is 5.39. The maximum Gasteiger partial charge on any atom is 0.223 e. The highest BCUT2D eigenvalue weighted by Crippen LogP contribution is 2.07. The predicted octanol–water partition coefficient (Wildman–Crippen LogP) is -1.03. The van der Waals surface area contributed by atoms with Gasteiger partial charge >= 0.3 is 0 Å². The lowest BCUT2D eigenvalue weighted by Crippen LogP contribution is -2.42. The van der Waals surface area contributed by atoms with Gasteiger partial charge in [0.1, 0.15) is 15.1 Å². The van der Waals surface area contributed by atoms with Crippen molar-refractivity contribution in [1.82, 2.24) is 4.31 Å². The van der Waals surface area contributed by atoms with Crippen molar-refractivity contribution >= 4 is 37.1 Å². The standard InChI is InChI=1S/C7H16N2O4S3/c1-6(7(8)14)16(12,13)9(2)4-5-15(3,10)11/h6H,4-5H2,1-3H3,(H2,8,14). The average Bonchev–Trinajstić information content (AvgIpc) is 2.11. The van der Waals surface area contributed by atoms with Crippen LogP contribution in [0.5, 0.6) is 0 Å². The highest BCUT2D eigenvalue weighted by Gasteiger charge is 2.28. The topological polar surface area (TPSA) is 97.5 Å². The molecule has 0 saturated heterocycles. The first kappa shape index (κ1) is 15.8. The van der Waals surface area contributed by atoms with Crippen LogP contribution in [0.3, 0.4) is 0 Å². The molecule has 0 fully saturated rings. The fourth-order valence-corrected chi connectivity index (χ4v) is 3.10. The highest BCUT2D eigenvalue weighted by atomic mass is 32.2. The molecule has 2 N–H and O–H groups in total. The molecule has 0 aromatic rings. The summed E-state index contributed by atoms with van der Waals surface area (Å²) in [7, 11) is -5.55. The normalized spacial score (nSPS) is 15.0. The molecule has 0 aromatic carbocycles. The summed E-state index contributed by atoms with van der Waals surface area (Å²) in [6.07, 6.45) is 1.05. The SMILES string of the molecule is CC(C(N)=S)S(=O)(=O)N(C)CCS(C)(=O)=O. The summed E-state index contributed by atoms with van der Waals surface area (Å²) in [6.45, 7) is 1.27. The van der Waals surface area contributed by atoms with Gasteiger partial charge in [-0.1, -0.05) is 12.2 Å². The first-order chi connectivity index (χ1) is 6.98. The third-order valence-electron chi connectivity index (χ3n) is 2.06. The van der Waals surface area contributed by atoms with Crippen LogP contribution in [0.15, 0.2) is 0 Å². The van der Waals surface area contributed by atoms with Crippen LogP contribution < -0.4 is 5.73 Å². The van der Waals surface area contributed by atoms with Crippen LogP contribution in [-0.2, 0) is 19.9 Å². The maximum absolute atomic E-state index is 11.8. The van der Waals surface area contributed by atoms with Crippen LogP contribution >= 0.6 is 12.2 Å². The van der Waals surface area contributed by atoms with E-state index >= 15 is 0 Å². The molecule has 0 spiro atoms. The summed E-state index contributed by atoms with van der Waals surface area (Å²) in [5.41, 5.74) is 5.25. The Kier molecular flexibility index (Phi) is 5.30. The Labute approximate surface area is 102 Å². The molecule has 0 amide bonds. The second-order valence-corrected chi connectivity index (χ2v) is 8.63. The molecule has 0 radical (unpaired) electrons. The van der Waals surface area contributed by atoms with Crippen molar-refractivity contribution in [2.45, 2.75) is 12.2 Å². The molecule has 6 nitrogen and oxygen atoms in total. The molecule has 96 valence electrons.